The third-order valence-corrected chi connectivity index (χ3v) is 7.53. The number of likely N-dealkylation sites (tertiary alicyclic amines) is 2. The molecule has 3 heterocycles. The second-order valence-electron chi connectivity index (χ2n) is 9.81. The normalized spacial score (nSPS) is 22.4. The summed E-state index contributed by atoms with van der Waals surface area (Å²) in [5.41, 5.74) is 8.63. The van der Waals surface area contributed by atoms with E-state index in [0.717, 1.165) is 69.8 Å². The van der Waals surface area contributed by atoms with E-state index < -0.39 is 0 Å². The fraction of sp³-hybridized carbons (Fsp3) is 0.444. The monoisotopic (exact) mass is 460 g/mol. The third-order valence-electron chi connectivity index (χ3n) is 7.53. The summed E-state index contributed by atoms with van der Waals surface area (Å²) in [6.07, 6.45) is 3.28. The van der Waals surface area contributed by atoms with Crippen molar-refractivity contribution in [1.29, 1.82) is 0 Å². The molecule has 3 fully saturated rings. The quantitative estimate of drug-likeness (QED) is 0.688. The predicted octanol–water partition coefficient (Wildman–Crippen LogP) is 2.55. The van der Waals surface area contributed by atoms with E-state index in [-0.39, 0.29) is 17.7 Å². The Bertz CT molecular complexity index is 1090. The van der Waals surface area contributed by atoms with Crippen molar-refractivity contribution in [1.82, 2.24) is 9.80 Å². The molecule has 3 amide bonds. The average molecular weight is 461 g/mol. The van der Waals surface area contributed by atoms with Crippen molar-refractivity contribution in [2.45, 2.75) is 25.7 Å². The minimum Gasteiger partial charge on any atom is -0.366 e. The molecule has 1 unspecified atom stereocenters. The van der Waals surface area contributed by atoms with Gasteiger partial charge >= 0.3 is 0 Å². The lowest BCUT2D eigenvalue weighted by Crippen LogP contribution is -2.34. The lowest BCUT2D eigenvalue weighted by atomic mass is 10.0. The van der Waals surface area contributed by atoms with E-state index >= 15 is 0 Å². The van der Waals surface area contributed by atoms with Crippen molar-refractivity contribution >= 4 is 23.4 Å². The molecule has 3 aliphatic rings. The Kier molecular flexibility index (Phi) is 6.37. The summed E-state index contributed by atoms with van der Waals surface area (Å²) >= 11 is 0. The van der Waals surface area contributed by atoms with Crippen molar-refractivity contribution < 1.29 is 14.4 Å². The summed E-state index contributed by atoms with van der Waals surface area (Å²) in [5.74, 6) is 0.847. The Morgan fingerprint density at radius 2 is 1.74 bits per heavy atom. The zero-order valence-electron chi connectivity index (χ0n) is 19.5. The molecule has 0 radical (unpaired) electrons. The van der Waals surface area contributed by atoms with Crippen LogP contribution in [0.4, 0.5) is 5.69 Å². The summed E-state index contributed by atoms with van der Waals surface area (Å²) in [5, 5.41) is 0. The van der Waals surface area contributed by atoms with Crippen molar-refractivity contribution in [2.24, 2.45) is 17.6 Å². The molecule has 2 aromatic rings. The fourth-order valence-corrected chi connectivity index (χ4v) is 5.82. The first kappa shape index (κ1) is 22.6. The molecule has 178 valence electrons. The van der Waals surface area contributed by atoms with E-state index in [9.17, 15) is 14.4 Å². The van der Waals surface area contributed by atoms with Gasteiger partial charge in [0.1, 0.15) is 0 Å². The number of nitrogens with two attached hydrogens (primary N) is 1. The summed E-state index contributed by atoms with van der Waals surface area (Å²) in [4.78, 5) is 43.2. The van der Waals surface area contributed by atoms with Crippen LogP contribution in [0.15, 0.2) is 48.5 Å². The standard InChI is InChI=1S/C27H32N4O3/c28-26(33)24-10-2-1-6-19(24)8-4-12-29-15-21-17-30(18-22(21)16-29)27(34)20-7-3-9-23(14-20)31-13-5-11-25(31)32/h1-3,6-7,9-10,14,21-22H,4-5,8,11-13,15-18H2,(H2,28,33)/t21-,22?/m0/s1. The number of hydrogen-bond donors (Lipinski definition) is 1. The molecule has 34 heavy (non-hydrogen) atoms. The summed E-state index contributed by atoms with van der Waals surface area (Å²) in [6.45, 7) is 5.31. The summed E-state index contributed by atoms with van der Waals surface area (Å²) in [7, 11) is 0. The van der Waals surface area contributed by atoms with Gasteiger partial charge in [-0.1, -0.05) is 24.3 Å². The van der Waals surface area contributed by atoms with Crippen LogP contribution in [0.3, 0.4) is 0 Å². The molecule has 0 bridgehead atoms. The van der Waals surface area contributed by atoms with Crippen LogP contribution >= 0.6 is 0 Å². The molecule has 2 atom stereocenters. The number of primary amides is 1. The molecule has 7 nitrogen and oxygen atoms in total. The third kappa shape index (κ3) is 4.57. The topological polar surface area (TPSA) is 87.0 Å². The van der Waals surface area contributed by atoms with Gasteiger partial charge in [-0.2, -0.15) is 0 Å². The lowest BCUT2D eigenvalue weighted by Gasteiger charge is -2.22. The van der Waals surface area contributed by atoms with Crippen LogP contribution in [0, 0.1) is 11.8 Å². The number of aryl methyl sites for hydroxylation is 1. The number of fused-ring (bicyclic) bond motifs is 1. The highest BCUT2D eigenvalue weighted by Gasteiger charge is 2.41. The molecule has 3 saturated heterocycles. The van der Waals surface area contributed by atoms with Gasteiger partial charge in [-0.3, -0.25) is 14.4 Å². The molecule has 7 heteroatoms. The van der Waals surface area contributed by atoms with Gasteiger partial charge in [0, 0.05) is 56.0 Å². The van der Waals surface area contributed by atoms with Crippen molar-refractivity contribution in [3.05, 3.63) is 65.2 Å². The van der Waals surface area contributed by atoms with Gasteiger partial charge < -0.3 is 20.4 Å². The molecule has 0 spiro atoms. The molecule has 2 aromatic carbocycles. The lowest BCUT2D eigenvalue weighted by molar-refractivity contribution is -0.117. The fourth-order valence-electron chi connectivity index (χ4n) is 5.82. The molecular weight excluding hydrogens is 428 g/mol. The van der Waals surface area contributed by atoms with Crippen molar-refractivity contribution in [2.75, 3.05) is 44.2 Å². The van der Waals surface area contributed by atoms with Crippen LogP contribution in [0.2, 0.25) is 0 Å². The van der Waals surface area contributed by atoms with Gasteiger partial charge in [0.05, 0.1) is 0 Å². The van der Waals surface area contributed by atoms with Crippen molar-refractivity contribution in [3.8, 4) is 0 Å². The first-order valence-electron chi connectivity index (χ1n) is 12.3. The summed E-state index contributed by atoms with van der Waals surface area (Å²) in [6, 6.07) is 15.1. The Balaban J connectivity index is 1.13. The molecule has 3 aliphatic heterocycles. The number of rotatable bonds is 7. The maximum atomic E-state index is 13.2. The molecule has 5 rings (SSSR count). The van der Waals surface area contributed by atoms with E-state index in [1.807, 2.05) is 47.4 Å². The van der Waals surface area contributed by atoms with Gasteiger partial charge in [0.2, 0.25) is 11.8 Å². The van der Waals surface area contributed by atoms with Crippen LogP contribution in [0.25, 0.3) is 0 Å². The maximum Gasteiger partial charge on any atom is 0.253 e. The maximum absolute atomic E-state index is 13.2. The highest BCUT2D eigenvalue weighted by atomic mass is 16.2. The predicted molar refractivity (Wildman–Crippen MR) is 131 cm³/mol. The average Bonchev–Trinajstić information content (AvgIpc) is 3.54. The molecule has 0 saturated carbocycles. The van der Waals surface area contributed by atoms with E-state index in [2.05, 4.69) is 4.90 Å². The van der Waals surface area contributed by atoms with Crippen LogP contribution < -0.4 is 10.6 Å². The second-order valence-corrected chi connectivity index (χ2v) is 9.81. The smallest absolute Gasteiger partial charge is 0.253 e. The minimum atomic E-state index is -0.367. The summed E-state index contributed by atoms with van der Waals surface area (Å²) < 4.78 is 0. The number of carbonyl (C=O) groups excluding carboxylic acids is 3. The largest absolute Gasteiger partial charge is 0.366 e. The number of hydrogen-bond acceptors (Lipinski definition) is 4. The second kappa shape index (κ2) is 9.58. The van der Waals surface area contributed by atoms with Gasteiger partial charge in [0.15, 0.2) is 0 Å². The number of amides is 3. The van der Waals surface area contributed by atoms with E-state index in [4.69, 9.17) is 5.73 Å². The van der Waals surface area contributed by atoms with E-state index in [0.29, 0.717) is 29.4 Å². The van der Waals surface area contributed by atoms with E-state index in [1.165, 1.54) is 0 Å². The van der Waals surface area contributed by atoms with Gasteiger partial charge in [0.25, 0.3) is 5.91 Å². The van der Waals surface area contributed by atoms with Crippen LogP contribution in [-0.2, 0) is 11.2 Å². The minimum absolute atomic E-state index is 0.0671. The Morgan fingerprint density at radius 1 is 0.971 bits per heavy atom. The van der Waals surface area contributed by atoms with Gasteiger partial charge in [-0.25, -0.2) is 0 Å². The number of nitrogens with zero attached hydrogens (tertiary/aromatic N) is 3. The number of carbonyl (C=O) groups is 3. The highest BCUT2D eigenvalue weighted by Crippen LogP contribution is 2.32. The number of benzene rings is 2. The zero-order valence-corrected chi connectivity index (χ0v) is 19.5. The Labute approximate surface area is 200 Å². The zero-order chi connectivity index (χ0) is 23.7. The first-order valence-corrected chi connectivity index (χ1v) is 12.3. The Morgan fingerprint density at radius 3 is 2.44 bits per heavy atom. The molecule has 0 aromatic heterocycles. The Hall–Kier alpha value is -3.19. The molecule has 2 N–H and O–H groups in total. The molecule has 0 aliphatic carbocycles. The first-order chi connectivity index (χ1) is 16.5. The molecular formula is C27H32N4O3. The van der Waals surface area contributed by atoms with Crippen LogP contribution in [-0.4, -0.2) is 66.8 Å². The van der Waals surface area contributed by atoms with Crippen LogP contribution in [0.1, 0.15) is 45.5 Å². The SMILES string of the molecule is NC(=O)c1ccccc1CCCN1CC2CN(C(=O)c3cccc(N4CCCC4=O)c3)C[C@@H]2C1. The van der Waals surface area contributed by atoms with Gasteiger partial charge in [-0.15, -0.1) is 0 Å². The van der Waals surface area contributed by atoms with Crippen molar-refractivity contribution in [3.63, 3.8) is 0 Å². The number of anilines is 1. The van der Waals surface area contributed by atoms with Gasteiger partial charge in [-0.05, 0) is 67.5 Å². The van der Waals surface area contributed by atoms with Crippen LogP contribution in [0.5, 0.6) is 0 Å². The highest BCUT2D eigenvalue weighted by molar-refractivity contribution is 5.99. The van der Waals surface area contributed by atoms with E-state index in [1.54, 1.807) is 11.0 Å².